The topological polar surface area (TPSA) is 208 Å². The Balaban J connectivity index is 2.06. The van der Waals surface area contributed by atoms with Crippen molar-refractivity contribution in [1.82, 2.24) is 10.6 Å². The van der Waals surface area contributed by atoms with Crippen LogP contribution >= 0.6 is 0 Å². The molecule has 59 heavy (non-hydrogen) atoms. The second-order valence-corrected chi connectivity index (χ2v) is 15.8. The van der Waals surface area contributed by atoms with E-state index >= 15 is 0 Å². The van der Waals surface area contributed by atoms with Gasteiger partial charge in [0, 0.05) is 46.3 Å². The maximum absolute atomic E-state index is 13.3. The lowest BCUT2D eigenvalue weighted by molar-refractivity contribution is -0.254. The van der Waals surface area contributed by atoms with Gasteiger partial charge in [-0.05, 0) is 87.4 Å². The van der Waals surface area contributed by atoms with Gasteiger partial charge in [0.05, 0.1) is 12.5 Å². The van der Waals surface area contributed by atoms with Crippen molar-refractivity contribution in [3.05, 3.63) is 69.8 Å². The molecule has 0 aromatic heterocycles. The minimum absolute atomic E-state index is 0.289. The predicted octanol–water partition coefficient (Wildman–Crippen LogP) is 4.35. The number of rotatable bonds is 18. The van der Waals surface area contributed by atoms with Crippen LogP contribution in [0, 0.1) is 12.3 Å². The van der Waals surface area contributed by atoms with E-state index < -0.39 is 65.4 Å². The van der Waals surface area contributed by atoms with E-state index in [1.807, 2.05) is 43.3 Å². The molecule has 1 aliphatic rings. The van der Waals surface area contributed by atoms with E-state index in [0.29, 0.717) is 30.7 Å². The summed E-state index contributed by atoms with van der Waals surface area (Å²) in [6, 6.07) is 9.82. The molecule has 1 fully saturated rings. The second kappa shape index (κ2) is 21.1. The van der Waals surface area contributed by atoms with Crippen LogP contribution in [0.2, 0.25) is 0 Å². The summed E-state index contributed by atoms with van der Waals surface area (Å²) in [5.74, 6) is -2.99. The van der Waals surface area contributed by atoms with Gasteiger partial charge in [-0.2, -0.15) is 0 Å². The van der Waals surface area contributed by atoms with Gasteiger partial charge in [-0.3, -0.25) is 28.8 Å². The van der Waals surface area contributed by atoms with Crippen molar-refractivity contribution in [1.29, 1.82) is 0 Å². The van der Waals surface area contributed by atoms with E-state index in [1.54, 1.807) is 33.8 Å². The van der Waals surface area contributed by atoms with Crippen molar-refractivity contribution in [3.8, 4) is 5.75 Å². The highest BCUT2D eigenvalue weighted by atomic mass is 16.7. The highest BCUT2D eigenvalue weighted by Crippen LogP contribution is 2.42. The largest absolute Gasteiger partial charge is 0.496 e. The first-order valence-electron chi connectivity index (χ1n) is 19.7. The molecule has 1 heterocycles. The van der Waals surface area contributed by atoms with Gasteiger partial charge >= 0.3 is 23.9 Å². The van der Waals surface area contributed by atoms with Crippen molar-refractivity contribution >= 4 is 41.8 Å². The number of benzene rings is 2. The summed E-state index contributed by atoms with van der Waals surface area (Å²) in [5, 5.41) is 5.55. The average Bonchev–Trinajstić information content (AvgIpc) is 3.14. The lowest BCUT2D eigenvalue weighted by Crippen LogP contribution is -2.59. The van der Waals surface area contributed by atoms with Crippen LogP contribution in [-0.4, -0.2) is 92.5 Å². The van der Waals surface area contributed by atoms with E-state index in [2.05, 4.69) is 17.6 Å². The fourth-order valence-electron chi connectivity index (χ4n) is 6.75. The molecule has 0 saturated carbocycles. The summed E-state index contributed by atoms with van der Waals surface area (Å²) in [4.78, 5) is 75.1. The van der Waals surface area contributed by atoms with Crippen LogP contribution in [0.4, 0.5) is 0 Å². The summed E-state index contributed by atoms with van der Waals surface area (Å²) in [5.41, 5.74) is 8.70. The summed E-state index contributed by atoms with van der Waals surface area (Å²) in [7, 11) is 1.50. The van der Waals surface area contributed by atoms with Crippen molar-refractivity contribution in [2.24, 2.45) is 11.1 Å². The smallest absolute Gasteiger partial charge is 0.303 e. The fourth-order valence-corrected chi connectivity index (χ4v) is 6.75. The SMILES string of the molecule is CCCc1cc(OC)c([C@@H]2O[C@H](COC(C)=O)[C@@H](OC(C)=O)[C@H](OC(C)=O)[C@H]2OC(C)=O)cc1Cc1ccc(/C=C/C(C)(C)C(=O)NC(C)(C)C(=O)NCCN)cc1C. The molecule has 5 atom stereocenters. The second-order valence-electron chi connectivity index (χ2n) is 15.8. The van der Waals surface area contributed by atoms with Gasteiger partial charge in [0.25, 0.3) is 0 Å². The number of nitrogens with two attached hydrogens (primary N) is 1. The minimum atomic E-state index is -1.34. The Morgan fingerprint density at radius 3 is 2.00 bits per heavy atom. The molecule has 15 heteroatoms. The number of carbonyl (C=O) groups is 6. The Bertz CT molecular complexity index is 1890. The first-order valence-corrected chi connectivity index (χ1v) is 19.7. The molecule has 15 nitrogen and oxygen atoms in total. The van der Waals surface area contributed by atoms with Gasteiger partial charge in [0.15, 0.2) is 18.3 Å². The molecule has 3 rings (SSSR count). The number of hydrogen-bond acceptors (Lipinski definition) is 13. The monoisotopic (exact) mass is 823 g/mol. The number of ether oxygens (including phenoxy) is 6. The Morgan fingerprint density at radius 2 is 1.44 bits per heavy atom. The third-order valence-corrected chi connectivity index (χ3v) is 9.82. The first-order chi connectivity index (χ1) is 27.6. The fraction of sp³-hybridized carbons (Fsp3) is 0.545. The molecule has 324 valence electrons. The van der Waals surface area contributed by atoms with Gasteiger partial charge in [-0.25, -0.2) is 0 Å². The van der Waals surface area contributed by atoms with Gasteiger partial charge in [-0.15, -0.1) is 0 Å². The highest BCUT2D eigenvalue weighted by Gasteiger charge is 2.53. The van der Waals surface area contributed by atoms with Gasteiger partial charge < -0.3 is 44.8 Å². The van der Waals surface area contributed by atoms with Crippen molar-refractivity contribution in [2.75, 3.05) is 26.8 Å². The van der Waals surface area contributed by atoms with E-state index in [-0.39, 0.29) is 25.0 Å². The molecule has 2 aromatic rings. The van der Waals surface area contributed by atoms with Crippen molar-refractivity contribution in [3.63, 3.8) is 0 Å². The van der Waals surface area contributed by atoms with Crippen LogP contribution in [0.25, 0.3) is 6.08 Å². The molecule has 1 aliphatic heterocycles. The molecular formula is C44H61N3O12. The molecule has 0 bridgehead atoms. The Morgan fingerprint density at radius 1 is 0.814 bits per heavy atom. The number of methoxy groups -OCH3 is 1. The molecule has 0 unspecified atom stereocenters. The van der Waals surface area contributed by atoms with Crippen LogP contribution in [0.15, 0.2) is 36.4 Å². The Labute approximate surface area is 347 Å². The molecule has 1 saturated heterocycles. The van der Waals surface area contributed by atoms with Gasteiger partial charge in [0.2, 0.25) is 11.8 Å². The lowest BCUT2D eigenvalue weighted by Gasteiger charge is -2.45. The molecule has 0 radical (unpaired) electrons. The van der Waals surface area contributed by atoms with Gasteiger partial charge in [-0.1, -0.05) is 43.7 Å². The first kappa shape index (κ1) is 48.1. The molecule has 4 N–H and O–H groups in total. The quantitative estimate of drug-likeness (QED) is 0.141. The number of esters is 4. The van der Waals surface area contributed by atoms with E-state index in [4.69, 9.17) is 34.2 Å². The number of hydrogen-bond donors (Lipinski definition) is 3. The summed E-state index contributed by atoms with van der Waals surface area (Å²) >= 11 is 0. The summed E-state index contributed by atoms with van der Waals surface area (Å²) < 4.78 is 34.7. The third kappa shape index (κ3) is 13.4. The van der Waals surface area contributed by atoms with Gasteiger partial charge in [0.1, 0.15) is 30.1 Å². The predicted molar refractivity (Wildman–Crippen MR) is 219 cm³/mol. The number of aryl methyl sites for hydroxylation is 2. The standard InChI is InChI=1S/C44H61N3O12/c1-12-13-32-23-35(54-11)34(37-39(57-28(5)50)40(58-29(6)51)38(56-27(4)49)36(59-37)24-55-26(3)48)22-33(32)21-31-15-14-30(20-25(31)2)16-17-43(7,8)41(52)47-44(9,10)42(53)46-19-18-45/h14-17,20,22-23,36-40H,12-13,18-19,21,24,45H2,1-11H3,(H,46,53)(H,47,52)/b17-16+/t36-,37+,38-,39+,40+/m1/s1. The van der Waals surface area contributed by atoms with E-state index in [9.17, 15) is 28.8 Å². The average molecular weight is 824 g/mol. The molecule has 2 amide bonds. The summed E-state index contributed by atoms with van der Waals surface area (Å²) in [6.07, 6.45) is -0.481. The van der Waals surface area contributed by atoms with Crippen LogP contribution in [0.5, 0.6) is 5.75 Å². The molecule has 2 aromatic carbocycles. The van der Waals surface area contributed by atoms with Crippen molar-refractivity contribution < 1.29 is 57.2 Å². The Kier molecular flexibility index (Phi) is 17.2. The van der Waals surface area contributed by atoms with Crippen molar-refractivity contribution in [2.45, 2.75) is 125 Å². The summed E-state index contributed by atoms with van der Waals surface area (Å²) in [6.45, 7) is 15.9. The highest BCUT2D eigenvalue weighted by molar-refractivity contribution is 5.93. The Hall–Kier alpha value is -5.28. The molecular weight excluding hydrogens is 762 g/mol. The number of carbonyl (C=O) groups excluding carboxylic acids is 6. The van der Waals surface area contributed by atoms with Crippen LogP contribution in [0.1, 0.15) is 108 Å². The zero-order valence-electron chi connectivity index (χ0n) is 36.1. The minimum Gasteiger partial charge on any atom is -0.496 e. The van der Waals surface area contributed by atoms with E-state index in [0.717, 1.165) is 34.2 Å². The maximum Gasteiger partial charge on any atom is 0.303 e. The zero-order valence-corrected chi connectivity index (χ0v) is 36.1. The van der Waals surface area contributed by atoms with Crippen LogP contribution < -0.4 is 21.1 Å². The lowest BCUT2D eigenvalue weighted by atomic mass is 9.86. The molecule has 0 aliphatic carbocycles. The number of nitrogens with one attached hydrogen (secondary N) is 2. The third-order valence-electron chi connectivity index (χ3n) is 9.82. The number of amides is 2. The zero-order chi connectivity index (χ0) is 44.2. The molecule has 0 spiro atoms. The van der Waals surface area contributed by atoms with E-state index in [1.165, 1.54) is 34.8 Å². The van der Waals surface area contributed by atoms with Crippen LogP contribution in [-0.2, 0) is 65.3 Å². The normalized spacial score (nSPS) is 19.4. The van der Waals surface area contributed by atoms with Crippen LogP contribution in [0.3, 0.4) is 0 Å². The maximum atomic E-state index is 13.3.